The van der Waals surface area contributed by atoms with Crippen LogP contribution in [-0.2, 0) is 6.42 Å². The van der Waals surface area contributed by atoms with Gasteiger partial charge in [-0.25, -0.2) is 4.79 Å². The number of methoxy groups -OCH3 is 1. The summed E-state index contributed by atoms with van der Waals surface area (Å²) < 4.78 is 10.3. The molecule has 0 saturated carbocycles. The first-order valence-electron chi connectivity index (χ1n) is 9.10. The van der Waals surface area contributed by atoms with Gasteiger partial charge in [0.05, 0.1) is 13.2 Å². The highest BCUT2D eigenvalue weighted by Gasteiger charge is 2.27. The van der Waals surface area contributed by atoms with Gasteiger partial charge in [0.1, 0.15) is 11.5 Å². The Morgan fingerprint density at radius 2 is 1.92 bits per heavy atom. The summed E-state index contributed by atoms with van der Waals surface area (Å²) in [5, 5.41) is 3.79. The highest BCUT2D eigenvalue weighted by Crippen LogP contribution is 2.34. The van der Waals surface area contributed by atoms with Gasteiger partial charge in [0.2, 0.25) is 0 Å². The summed E-state index contributed by atoms with van der Waals surface area (Å²) >= 11 is 0. The molecule has 3 rings (SSSR count). The molecule has 2 aromatic rings. The number of ether oxygens (including phenoxy) is 2. The minimum absolute atomic E-state index is 0.106. The maximum Gasteiger partial charge on any atom is 0.409 e. The summed E-state index contributed by atoms with van der Waals surface area (Å²) in [5.74, 6) is 1.35. The second-order valence-corrected chi connectivity index (χ2v) is 6.70. The third kappa shape index (κ3) is 4.17. The topological polar surface area (TPSA) is 73.6 Å². The third-order valence-corrected chi connectivity index (χ3v) is 4.87. The lowest BCUT2D eigenvalue weighted by Crippen LogP contribution is -2.39. The lowest BCUT2D eigenvalue weighted by Gasteiger charge is -2.34. The zero-order valence-electron chi connectivity index (χ0n) is 15.3. The van der Waals surface area contributed by atoms with E-state index in [0.29, 0.717) is 11.8 Å². The van der Waals surface area contributed by atoms with E-state index in [2.05, 4.69) is 24.4 Å². The second-order valence-electron chi connectivity index (χ2n) is 6.70. The summed E-state index contributed by atoms with van der Waals surface area (Å²) in [6.07, 6.45) is 3.74. The molecule has 1 heterocycles. The van der Waals surface area contributed by atoms with E-state index in [9.17, 15) is 4.79 Å². The molecule has 1 amide bonds. The Kier molecular flexibility index (Phi) is 5.78. The van der Waals surface area contributed by atoms with E-state index in [4.69, 9.17) is 15.2 Å². The van der Waals surface area contributed by atoms with Crippen LogP contribution < -0.4 is 20.5 Å². The van der Waals surface area contributed by atoms with Gasteiger partial charge in [-0.3, -0.25) is 0 Å². The fourth-order valence-electron chi connectivity index (χ4n) is 3.57. The number of benzene rings is 2. The predicted octanol–water partition coefficient (Wildman–Crippen LogP) is 3.95. The van der Waals surface area contributed by atoms with E-state index >= 15 is 0 Å². The largest absolute Gasteiger partial charge is 0.497 e. The van der Waals surface area contributed by atoms with E-state index in [0.717, 1.165) is 24.2 Å². The van der Waals surface area contributed by atoms with Gasteiger partial charge in [-0.1, -0.05) is 38.0 Å². The molecular formula is C21H26N2O3. The molecule has 0 radical (unpaired) electrons. The van der Waals surface area contributed by atoms with Crippen molar-refractivity contribution in [3.05, 3.63) is 59.2 Å². The number of hydrogen-bond acceptors (Lipinski definition) is 4. The molecule has 0 saturated heterocycles. The Morgan fingerprint density at radius 1 is 1.19 bits per heavy atom. The quantitative estimate of drug-likeness (QED) is 0.824. The summed E-state index contributed by atoms with van der Waals surface area (Å²) in [5.41, 5.74) is 8.80. The highest BCUT2D eigenvalue weighted by atomic mass is 16.5. The van der Waals surface area contributed by atoms with Crippen molar-refractivity contribution in [2.45, 2.75) is 44.7 Å². The van der Waals surface area contributed by atoms with Crippen LogP contribution in [0.15, 0.2) is 42.5 Å². The van der Waals surface area contributed by atoms with Gasteiger partial charge in [-0.05, 0) is 53.8 Å². The van der Waals surface area contributed by atoms with E-state index in [-0.39, 0.29) is 6.04 Å². The zero-order chi connectivity index (χ0) is 18.5. The Hall–Kier alpha value is -2.53. The van der Waals surface area contributed by atoms with Gasteiger partial charge in [0.15, 0.2) is 0 Å². The van der Waals surface area contributed by atoms with Crippen molar-refractivity contribution >= 4 is 6.09 Å². The summed E-state index contributed by atoms with van der Waals surface area (Å²) in [7, 11) is 1.70. The highest BCUT2D eigenvalue weighted by molar-refractivity contribution is 5.68. The third-order valence-electron chi connectivity index (χ3n) is 4.87. The lowest BCUT2D eigenvalue weighted by molar-refractivity contribution is 0.211. The van der Waals surface area contributed by atoms with Crippen LogP contribution in [0.1, 0.15) is 48.9 Å². The molecule has 5 nitrogen and oxygen atoms in total. The van der Waals surface area contributed by atoms with E-state index < -0.39 is 6.09 Å². The molecule has 3 N–H and O–H groups in total. The molecule has 2 aromatic carbocycles. The van der Waals surface area contributed by atoms with Gasteiger partial charge in [0.25, 0.3) is 0 Å². The molecule has 1 aliphatic heterocycles. The second kappa shape index (κ2) is 8.23. The van der Waals surface area contributed by atoms with Crippen molar-refractivity contribution in [3.8, 4) is 11.5 Å². The van der Waals surface area contributed by atoms with Crippen LogP contribution in [0.25, 0.3) is 0 Å². The van der Waals surface area contributed by atoms with Gasteiger partial charge in [-0.2, -0.15) is 0 Å². The average molecular weight is 354 g/mol. The molecule has 0 spiro atoms. The monoisotopic (exact) mass is 354 g/mol. The van der Waals surface area contributed by atoms with Crippen LogP contribution in [0.5, 0.6) is 11.5 Å². The molecule has 5 heteroatoms. The van der Waals surface area contributed by atoms with Gasteiger partial charge in [0, 0.05) is 6.04 Å². The minimum atomic E-state index is -0.800. The number of nitrogens with two attached hydrogens (primary N) is 1. The van der Waals surface area contributed by atoms with Crippen LogP contribution in [-0.4, -0.2) is 19.2 Å². The summed E-state index contributed by atoms with van der Waals surface area (Å²) in [6.45, 7) is 2.22. The molecule has 0 aliphatic carbocycles. The minimum Gasteiger partial charge on any atom is -0.497 e. The molecule has 0 bridgehead atoms. The van der Waals surface area contributed by atoms with E-state index in [1.807, 2.05) is 18.2 Å². The van der Waals surface area contributed by atoms with E-state index in [1.165, 1.54) is 24.0 Å². The lowest BCUT2D eigenvalue weighted by atomic mass is 9.85. The Labute approximate surface area is 154 Å². The van der Waals surface area contributed by atoms with Crippen LogP contribution in [0, 0.1) is 0 Å². The normalized spacial score (nSPS) is 18.8. The van der Waals surface area contributed by atoms with Crippen molar-refractivity contribution < 1.29 is 14.3 Å². The van der Waals surface area contributed by atoms with Gasteiger partial charge < -0.3 is 20.5 Å². The number of nitrogens with one attached hydrogen (secondary N) is 1. The molecular weight excluding hydrogens is 328 g/mol. The van der Waals surface area contributed by atoms with Crippen LogP contribution >= 0.6 is 0 Å². The number of unbranched alkanes of at least 4 members (excludes halogenated alkanes) is 1. The van der Waals surface area contributed by atoms with Crippen molar-refractivity contribution in [1.29, 1.82) is 0 Å². The van der Waals surface area contributed by atoms with Gasteiger partial charge in [-0.15, -0.1) is 0 Å². The maximum atomic E-state index is 10.9. The standard InChI is InChI=1S/C21H26N2O3/c1-3-4-5-16-12-15-13-18(25-2)10-11-19(15)20(23-16)14-6-8-17(9-7-14)26-21(22)24/h6-11,13,16,20,23H,3-5,12H2,1-2H3,(H2,22,24)/t16-,20-/m0/s1. The first kappa shape index (κ1) is 18.3. The van der Waals surface area contributed by atoms with Crippen LogP contribution in [0.2, 0.25) is 0 Å². The Bertz CT molecular complexity index is 758. The predicted molar refractivity (Wildman–Crippen MR) is 102 cm³/mol. The van der Waals surface area contributed by atoms with Crippen molar-refractivity contribution in [3.63, 3.8) is 0 Å². The number of carbonyl (C=O) groups is 1. The smallest absolute Gasteiger partial charge is 0.409 e. The first-order valence-corrected chi connectivity index (χ1v) is 9.10. The molecule has 0 aromatic heterocycles. The van der Waals surface area contributed by atoms with Crippen molar-refractivity contribution in [1.82, 2.24) is 5.32 Å². The fraction of sp³-hybridized carbons (Fsp3) is 0.381. The SMILES string of the molecule is CCCC[C@H]1Cc2cc(OC)ccc2[C@H](c2ccc(OC(N)=O)cc2)N1. The number of rotatable bonds is 6. The summed E-state index contributed by atoms with van der Waals surface area (Å²) in [6, 6.07) is 14.3. The molecule has 0 unspecified atom stereocenters. The van der Waals surface area contributed by atoms with Crippen molar-refractivity contribution in [2.24, 2.45) is 5.73 Å². The number of primary amides is 1. The first-order chi connectivity index (χ1) is 12.6. The maximum absolute atomic E-state index is 10.9. The molecule has 2 atom stereocenters. The molecule has 26 heavy (non-hydrogen) atoms. The fourth-order valence-corrected chi connectivity index (χ4v) is 3.57. The number of amides is 1. The molecule has 0 fully saturated rings. The number of fused-ring (bicyclic) bond motifs is 1. The number of carbonyl (C=O) groups excluding carboxylic acids is 1. The van der Waals surface area contributed by atoms with Crippen LogP contribution in [0.4, 0.5) is 4.79 Å². The summed E-state index contributed by atoms with van der Waals surface area (Å²) in [4.78, 5) is 10.9. The Balaban J connectivity index is 1.90. The zero-order valence-corrected chi connectivity index (χ0v) is 15.3. The molecule has 1 aliphatic rings. The van der Waals surface area contributed by atoms with Gasteiger partial charge >= 0.3 is 6.09 Å². The number of hydrogen-bond donors (Lipinski definition) is 2. The molecule has 138 valence electrons. The van der Waals surface area contributed by atoms with Crippen molar-refractivity contribution in [2.75, 3.05) is 7.11 Å². The average Bonchev–Trinajstić information content (AvgIpc) is 2.65. The van der Waals surface area contributed by atoms with E-state index in [1.54, 1.807) is 19.2 Å². The van der Waals surface area contributed by atoms with Crippen LogP contribution in [0.3, 0.4) is 0 Å². The Morgan fingerprint density at radius 3 is 2.58 bits per heavy atom.